The second kappa shape index (κ2) is 4.00. The molecule has 0 bridgehead atoms. The minimum Gasteiger partial charge on any atom is -0.394 e. The van der Waals surface area contributed by atoms with E-state index in [-0.39, 0.29) is 5.43 Å². The number of hydrogen-bond acceptors (Lipinski definition) is 2. The van der Waals surface area contributed by atoms with Gasteiger partial charge in [0.15, 0.2) is 0 Å². The van der Waals surface area contributed by atoms with Crippen molar-refractivity contribution in [3.8, 4) is 0 Å². The van der Waals surface area contributed by atoms with Gasteiger partial charge in [0.05, 0.1) is 10.2 Å². The molecule has 0 atom stereocenters. The van der Waals surface area contributed by atoms with Crippen LogP contribution < -0.4 is 11.2 Å². The summed E-state index contributed by atoms with van der Waals surface area (Å²) >= 11 is 3.23. The third-order valence-electron chi connectivity index (χ3n) is 3.00. The van der Waals surface area contributed by atoms with Crippen molar-refractivity contribution in [3.05, 3.63) is 27.1 Å². The molecule has 4 heteroatoms. The van der Waals surface area contributed by atoms with Gasteiger partial charge < -0.3 is 10.3 Å². The van der Waals surface area contributed by atoms with Gasteiger partial charge in [-0.2, -0.15) is 0 Å². The van der Waals surface area contributed by atoms with Gasteiger partial charge in [-0.25, -0.2) is 0 Å². The van der Waals surface area contributed by atoms with Crippen LogP contribution in [0.15, 0.2) is 21.7 Å². The van der Waals surface area contributed by atoms with Crippen LogP contribution in [0.5, 0.6) is 0 Å². The number of nitrogen functional groups attached to an aromatic ring is 1. The topological polar surface area (TPSA) is 48.0 Å². The zero-order chi connectivity index (χ0) is 11.0. The molecule has 1 saturated carbocycles. The molecule has 0 radical (unpaired) electrons. The Balaban J connectivity index is 2.12. The Hall–Kier alpha value is -0.770. The maximum absolute atomic E-state index is 11.4. The summed E-state index contributed by atoms with van der Waals surface area (Å²) in [6.07, 6.45) is 6.12. The van der Waals surface area contributed by atoms with Gasteiger partial charge in [0.2, 0.25) is 5.43 Å². The largest absolute Gasteiger partial charge is 0.394 e. The van der Waals surface area contributed by atoms with Crippen LogP contribution in [0.2, 0.25) is 0 Å². The molecular weight excluding hydrogens is 256 g/mol. The minimum atomic E-state index is -0.117. The fourth-order valence-corrected chi connectivity index (χ4v) is 2.73. The van der Waals surface area contributed by atoms with Crippen molar-refractivity contribution >= 4 is 21.6 Å². The molecule has 1 fully saturated rings. The Labute approximate surface area is 97.4 Å². The molecule has 1 aromatic heterocycles. The lowest BCUT2D eigenvalue weighted by Gasteiger charge is -2.33. The van der Waals surface area contributed by atoms with E-state index in [4.69, 9.17) is 5.73 Å². The summed E-state index contributed by atoms with van der Waals surface area (Å²) in [5.41, 5.74) is 5.82. The fraction of sp³-hybridized carbons (Fsp3) is 0.545. The predicted octanol–water partition coefficient (Wildman–Crippen LogP) is 2.24. The van der Waals surface area contributed by atoms with Crippen LogP contribution in [0.3, 0.4) is 0 Å². The van der Waals surface area contributed by atoms with E-state index in [1.807, 2.05) is 10.8 Å². The van der Waals surface area contributed by atoms with Crippen molar-refractivity contribution < 1.29 is 0 Å². The van der Waals surface area contributed by atoms with Gasteiger partial charge in [-0.15, -0.1) is 0 Å². The van der Waals surface area contributed by atoms with E-state index in [0.29, 0.717) is 10.2 Å². The van der Waals surface area contributed by atoms with Crippen LogP contribution in [0, 0.1) is 11.8 Å². The average molecular weight is 271 g/mol. The van der Waals surface area contributed by atoms with Gasteiger partial charge in [0, 0.05) is 18.9 Å². The molecule has 82 valence electrons. The molecule has 0 aliphatic heterocycles. The number of halogens is 1. The summed E-state index contributed by atoms with van der Waals surface area (Å²) in [6, 6.07) is 0. The molecule has 0 spiro atoms. The SMILES string of the molecule is CC1CC(Cn2cc(N)c(=O)c(Br)c2)C1. The van der Waals surface area contributed by atoms with Crippen LogP contribution in [0.4, 0.5) is 5.69 Å². The van der Waals surface area contributed by atoms with E-state index in [9.17, 15) is 4.79 Å². The van der Waals surface area contributed by atoms with Crippen molar-refractivity contribution in [2.24, 2.45) is 11.8 Å². The second-order valence-electron chi connectivity index (χ2n) is 4.53. The highest BCUT2D eigenvalue weighted by molar-refractivity contribution is 9.10. The number of aromatic nitrogens is 1. The van der Waals surface area contributed by atoms with Crippen molar-refractivity contribution in [2.75, 3.05) is 5.73 Å². The van der Waals surface area contributed by atoms with Gasteiger partial charge in [-0.05, 0) is 40.6 Å². The van der Waals surface area contributed by atoms with Gasteiger partial charge in [0.25, 0.3) is 0 Å². The molecule has 1 heterocycles. The van der Waals surface area contributed by atoms with E-state index >= 15 is 0 Å². The highest BCUT2D eigenvalue weighted by Crippen LogP contribution is 2.34. The number of pyridine rings is 1. The zero-order valence-electron chi connectivity index (χ0n) is 8.74. The number of anilines is 1. The summed E-state index contributed by atoms with van der Waals surface area (Å²) in [5, 5.41) is 0. The molecule has 0 aromatic carbocycles. The summed E-state index contributed by atoms with van der Waals surface area (Å²) in [5.74, 6) is 1.60. The van der Waals surface area contributed by atoms with Crippen molar-refractivity contribution in [3.63, 3.8) is 0 Å². The number of nitrogens with zero attached hydrogens (tertiary/aromatic N) is 1. The number of rotatable bonds is 2. The number of nitrogens with two attached hydrogens (primary N) is 1. The molecule has 0 saturated heterocycles. The Morgan fingerprint density at radius 1 is 1.53 bits per heavy atom. The van der Waals surface area contributed by atoms with Crippen LogP contribution in [-0.4, -0.2) is 4.57 Å². The molecule has 15 heavy (non-hydrogen) atoms. The van der Waals surface area contributed by atoms with Gasteiger partial charge in [-0.3, -0.25) is 4.79 Å². The Bertz CT molecular complexity index is 395. The smallest absolute Gasteiger partial charge is 0.218 e. The van der Waals surface area contributed by atoms with E-state index in [2.05, 4.69) is 22.9 Å². The third-order valence-corrected chi connectivity index (χ3v) is 3.57. The lowest BCUT2D eigenvalue weighted by molar-refractivity contribution is 0.187. The van der Waals surface area contributed by atoms with E-state index in [1.165, 1.54) is 12.8 Å². The standard InChI is InChI=1S/C11H15BrN2O/c1-7-2-8(3-7)4-14-5-9(12)11(15)10(13)6-14/h5-8H,2-4,13H2,1H3. The minimum absolute atomic E-state index is 0.117. The lowest BCUT2D eigenvalue weighted by atomic mass is 9.76. The molecule has 0 amide bonds. The molecule has 3 nitrogen and oxygen atoms in total. The molecular formula is C11H15BrN2O. The first-order valence-electron chi connectivity index (χ1n) is 5.21. The van der Waals surface area contributed by atoms with Crippen LogP contribution in [0.25, 0.3) is 0 Å². The first kappa shape index (κ1) is 10.7. The van der Waals surface area contributed by atoms with Crippen LogP contribution in [-0.2, 0) is 6.54 Å². The van der Waals surface area contributed by atoms with Gasteiger partial charge >= 0.3 is 0 Å². The maximum Gasteiger partial charge on any atom is 0.218 e. The molecule has 1 aliphatic rings. The molecule has 1 aromatic rings. The van der Waals surface area contributed by atoms with Crippen molar-refractivity contribution in [1.29, 1.82) is 0 Å². The Morgan fingerprint density at radius 2 is 2.20 bits per heavy atom. The summed E-state index contributed by atoms with van der Waals surface area (Å²) in [4.78, 5) is 11.4. The summed E-state index contributed by atoms with van der Waals surface area (Å²) < 4.78 is 2.56. The van der Waals surface area contributed by atoms with E-state index < -0.39 is 0 Å². The van der Waals surface area contributed by atoms with Crippen LogP contribution >= 0.6 is 15.9 Å². The summed E-state index contributed by atoms with van der Waals surface area (Å²) in [6.45, 7) is 3.24. The highest BCUT2D eigenvalue weighted by atomic mass is 79.9. The van der Waals surface area contributed by atoms with Gasteiger partial charge in [0.1, 0.15) is 0 Å². The molecule has 0 unspecified atom stereocenters. The maximum atomic E-state index is 11.4. The second-order valence-corrected chi connectivity index (χ2v) is 5.38. The normalized spacial score (nSPS) is 24.9. The molecule has 2 rings (SSSR count). The number of hydrogen-bond donors (Lipinski definition) is 1. The predicted molar refractivity (Wildman–Crippen MR) is 64.7 cm³/mol. The zero-order valence-corrected chi connectivity index (χ0v) is 10.3. The Morgan fingerprint density at radius 3 is 2.73 bits per heavy atom. The van der Waals surface area contributed by atoms with E-state index in [1.54, 1.807) is 6.20 Å². The first-order chi connectivity index (χ1) is 7.06. The fourth-order valence-electron chi connectivity index (χ4n) is 2.24. The van der Waals surface area contributed by atoms with Crippen LogP contribution in [0.1, 0.15) is 19.8 Å². The first-order valence-corrected chi connectivity index (χ1v) is 6.00. The molecule has 2 N–H and O–H groups in total. The van der Waals surface area contributed by atoms with Gasteiger partial charge in [-0.1, -0.05) is 6.92 Å². The quantitative estimate of drug-likeness (QED) is 0.896. The monoisotopic (exact) mass is 270 g/mol. The van der Waals surface area contributed by atoms with E-state index in [0.717, 1.165) is 18.4 Å². The highest BCUT2D eigenvalue weighted by Gasteiger charge is 2.25. The Kier molecular flexibility index (Phi) is 2.87. The van der Waals surface area contributed by atoms with Crippen molar-refractivity contribution in [1.82, 2.24) is 4.57 Å². The average Bonchev–Trinajstić information content (AvgIpc) is 2.11. The summed E-state index contributed by atoms with van der Waals surface area (Å²) in [7, 11) is 0. The third kappa shape index (κ3) is 2.25. The lowest BCUT2D eigenvalue weighted by Crippen LogP contribution is -2.26. The molecule has 1 aliphatic carbocycles. The van der Waals surface area contributed by atoms with Crippen molar-refractivity contribution in [2.45, 2.75) is 26.3 Å².